The van der Waals surface area contributed by atoms with Gasteiger partial charge in [-0.2, -0.15) is 4.98 Å². The third-order valence-electron chi connectivity index (χ3n) is 3.76. The molecule has 1 aromatic heterocycles. The quantitative estimate of drug-likeness (QED) is 0.772. The van der Waals surface area contributed by atoms with Gasteiger partial charge in [0.05, 0.1) is 25.1 Å². The van der Waals surface area contributed by atoms with Gasteiger partial charge in [0, 0.05) is 18.5 Å². The molecule has 2 fully saturated rings. The number of hydrogen-bond acceptors (Lipinski definition) is 6. The highest BCUT2D eigenvalue weighted by molar-refractivity contribution is 5.41. The fourth-order valence-electron chi connectivity index (χ4n) is 2.49. The molecule has 2 aliphatic rings. The standard InChI is InChI=1S/C12H17N3O3/c16-3-4-18-11-6-13-5-10(14-11)15-7-9(17)12(8-15)1-2-12/h5-6,9,16-17H,1-4,7-8H2. The number of β-amino-alcohol motifs (C(OH)–C–C–N with tert-alkyl or cyclic N) is 1. The van der Waals surface area contributed by atoms with Gasteiger partial charge in [0.1, 0.15) is 6.61 Å². The lowest BCUT2D eigenvalue weighted by molar-refractivity contribution is 0.136. The van der Waals surface area contributed by atoms with Crippen molar-refractivity contribution in [3.63, 3.8) is 0 Å². The Labute approximate surface area is 105 Å². The van der Waals surface area contributed by atoms with Crippen LogP contribution < -0.4 is 9.64 Å². The van der Waals surface area contributed by atoms with Crippen molar-refractivity contribution in [2.24, 2.45) is 5.41 Å². The second-order valence-electron chi connectivity index (χ2n) is 5.05. The van der Waals surface area contributed by atoms with E-state index in [9.17, 15) is 5.11 Å². The Bertz CT molecular complexity index is 436. The summed E-state index contributed by atoms with van der Waals surface area (Å²) in [4.78, 5) is 10.5. The van der Waals surface area contributed by atoms with Gasteiger partial charge in [-0.05, 0) is 12.8 Å². The number of rotatable bonds is 4. The maximum Gasteiger partial charge on any atom is 0.234 e. The van der Waals surface area contributed by atoms with Gasteiger partial charge in [0.2, 0.25) is 5.88 Å². The first-order valence-electron chi connectivity index (χ1n) is 6.22. The second kappa shape index (κ2) is 4.37. The summed E-state index contributed by atoms with van der Waals surface area (Å²) in [6, 6.07) is 0. The van der Waals surface area contributed by atoms with E-state index in [0.717, 1.165) is 25.2 Å². The van der Waals surface area contributed by atoms with Crippen LogP contribution in [-0.4, -0.2) is 52.6 Å². The smallest absolute Gasteiger partial charge is 0.234 e. The van der Waals surface area contributed by atoms with Gasteiger partial charge < -0.3 is 19.8 Å². The molecule has 1 unspecified atom stereocenters. The van der Waals surface area contributed by atoms with E-state index in [1.54, 1.807) is 6.20 Å². The lowest BCUT2D eigenvalue weighted by Gasteiger charge is -2.16. The molecule has 0 amide bonds. The summed E-state index contributed by atoms with van der Waals surface area (Å²) in [7, 11) is 0. The molecule has 1 atom stereocenters. The zero-order valence-electron chi connectivity index (χ0n) is 10.1. The lowest BCUT2D eigenvalue weighted by atomic mass is 10.0. The number of ether oxygens (including phenoxy) is 1. The zero-order chi connectivity index (χ0) is 12.6. The van der Waals surface area contributed by atoms with Gasteiger partial charge in [0.25, 0.3) is 0 Å². The molecule has 18 heavy (non-hydrogen) atoms. The van der Waals surface area contributed by atoms with Gasteiger partial charge in [0.15, 0.2) is 5.82 Å². The van der Waals surface area contributed by atoms with Crippen molar-refractivity contribution in [1.29, 1.82) is 0 Å². The lowest BCUT2D eigenvalue weighted by Crippen LogP contribution is -2.22. The Kier molecular flexibility index (Phi) is 2.83. The highest BCUT2D eigenvalue weighted by Gasteiger charge is 2.54. The Balaban J connectivity index is 1.72. The minimum absolute atomic E-state index is 0.0442. The number of anilines is 1. The van der Waals surface area contributed by atoms with Crippen molar-refractivity contribution in [2.75, 3.05) is 31.2 Å². The largest absolute Gasteiger partial charge is 0.474 e. The van der Waals surface area contributed by atoms with E-state index < -0.39 is 0 Å². The Morgan fingerprint density at radius 3 is 2.94 bits per heavy atom. The molecular weight excluding hydrogens is 234 g/mol. The molecule has 1 aliphatic carbocycles. The highest BCUT2D eigenvalue weighted by Crippen LogP contribution is 2.53. The van der Waals surface area contributed by atoms with Crippen LogP contribution in [0.1, 0.15) is 12.8 Å². The summed E-state index contributed by atoms with van der Waals surface area (Å²) in [5, 5.41) is 18.7. The van der Waals surface area contributed by atoms with Crippen molar-refractivity contribution in [3.8, 4) is 5.88 Å². The number of aliphatic hydroxyl groups excluding tert-OH is 2. The van der Waals surface area contributed by atoms with Gasteiger partial charge in [-0.3, -0.25) is 4.98 Å². The molecular formula is C12H17N3O3. The van der Waals surface area contributed by atoms with E-state index >= 15 is 0 Å². The molecule has 6 nitrogen and oxygen atoms in total. The van der Waals surface area contributed by atoms with Crippen LogP contribution in [0.4, 0.5) is 5.82 Å². The van der Waals surface area contributed by atoms with Crippen LogP contribution in [0, 0.1) is 5.41 Å². The Morgan fingerprint density at radius 1 is 1.44 bits per heavy atom. The molecule has 1 aromatic rings. The predicted octanol–water partition coefficient (Wildman–Crippen LogP) is -0.191. The van der Waals surface area contributed by atoms with Crippen LogP contribution in [0.25, 0.3) is 0 Å². The molecule has 1 saturated heterocycles. The summed E-state index contributed by atoms with van der Waals surface area (Å²) < 4.78 is 5.24. The second-order valence-corrected chi connectivity index (χ2v) is 5.05. The Morgan fingerprint density at radius 2 is 2.28 bits per heavy atom. The van der Waals surface area contributed by atoms with Crippen molar-refractivity contribution < 1.29 is 14.9 Å². The van der Waals surface area contributed by atoms with Crippen LogP contribution in [0.2, 0.25) is 0 Å². The average Bonchev–Trinajstić information content (AvgIpc) is 3.09. The number of hydrogen-bond donors (Lipinski definition) is 2. The van der Waals surface area contributed by atoms with Crippen molar-refractivity contribution in [3.05, 3.63) is 12.4 Å². The molecule has 98 valence electrons. The predicted molar refractivity (Wildman–Crippen MR) is 64.5 cm³/mol. The van der Waals surface area contributed by atoms with Crippen LogP contribution in [0.15, 0.2) is 12.4 Å². The van der Waals surface area contributed by atoms with Crippen LogP contribution in [0.5, 0.6) is 5.88 Å². The van der Waals surface area contributed by atoms with Crippen molar-refractivity contribution in [1.82, 2.24) is 9.97 Å². The molecule has 2 N–H and O–H groups in total. The highest BCUT2D eigenvalue weighted by atomic mass is 16.5. The number of nitrogens with zero attached hydrogens (tertiary/aromatic N) is 3. The Hall–Kier alpha value is -1.40. The molecule has 6 heteroatoms. The first kappa shape index (κ1) is 11.7. The van der Waals surface area contributed by atoms with Crippen LogP contribution in [-0.2, 0) is 0 Å². The third kappa shape index (κ3) is 2.02. The normalized spacial score (nSPS) is 24.6. The fraction of sp³-hybridized carbons (Fsp3) is 0.667. The van der Waals surface area contributed by atoms with E-state index in [1.807, 2.05) is 0 Å². The van der Waals surface area contributed by atoms with E-state index in [1.165, 1.54) is 6.20 Å². The summed E-state index contributed by atoms with van der Waals surface area (Å²) in [5.41, 5.74) is 0.101. The van der Waals surface area contributed by atoms with Crippen molar-refractivity contribution in [2.45, 2.75) is 18.9 Å². The first-order valence-corrected chi connectivity index (χ1v) is 6.22. The number of aliphatic hydroxyl groups is 2. The van der Waals surface area contributed by atoms with E-state index in [4.69, 9.17) is 9.84 Å². The molecule has 2 heterocycles. The molecule has 0 bridgehead atoms. The monoisotopic (exact) mass is 251 g/mol. The summed E-state index contributed by atoms with van der Waals surface area (Å²) in [6.07, 6.45) is 5.14. The summed E-state index contributed by atoms with van der Waals surface area (Å²) >= 11 is 0. The molecule has 1 aliphatic heterocycles. The minimum atomic E-state index is -0.263. The molecule has 1 saturated carbocycles. The fourth-order valence-corrected chi connectivity index (χ4v) is 2.49. The molecule has 0 radical (unpaired) electrons. The van der Waals surface area contributed by atoms with Crippen molar-refractivity contribution >= 4 is 5.82 Å². The number of aromatic nitrogens is 2. The van der Waals surface area contributed by atoms with Crippen LogP contribution in [0.3, 0.4) is 0 Å². The van der Waals surface area contributed by atoms with E-state index in [0.29, 0.717) is 12.4 Å². The molecule has 3 rings (SSSR count). The van der Waals surface area contributed by atoms with Gasteiger partial charge in [-0.25, -0.2) is 0 Å². The summed E-state index contributed by atoms with van der Waals surface area (Å²) in [5.74, 6) is 1.14. The maximum atomic E-state index is 10.0. The van der Waals surface area contributed by atoms with Gasteiger partial charge >= 0.3 is 0 Å². The van der Waals surface area contributed by atoms with E-state index in [2.05, 4.69) is 14.9 Å². The van der Waals surface area contributed by atoms with Crippen LogP contribution >= 0.6 is 0 Å². The minimum Gasteiger partial charge on any atom is -0.474 e. The maximum absolute atomic E-state index is 10.0. The third-order valence-corrected chi connectivity index (χ3v) is 3.76. The van der Waals surface area contributed by atoms with Gasteiger partial charge in [-0.15, -0.1) is 0 Å². The SMILES string of the molecule is OCCOc1cncc(N2CC(O)C3(CC3)C2)n1. The average molecular weight is 251 g/mol. The van der Waals surface area contributed by atoms with E-state index in [-0.39, 0.29) is 24.7 Å². The zero-order valence-corrected chi connectivity index (χ0v) is 10.1. The first-order chi connectivity index (χ1) is 8.73. The topological polar surface area (TPSA) is 78.7 Å². The van der Waals surface area contributed by atoms with Gasteiger partial charge in [-0.1, -0.05) is 0 Å². The molecule has 0 aromatic carbocycles. The molecule has 1 spiro atoms. The summed E-state index contributed by atoms with van der Waals surface area (Å²) in [6.45, 7) is 1.62.